The van der Waals surface area contributed by atoms with Crippen molar-refractivity contribution in [2.24, 2.45) is 0 Å². The van der Waals surface area contributed by atoms with Gasteiger partial charge in [-0.25, -0.2) is 4.98 Å². The van der Waals surface area contributed by atoms with E-state index in [0.717, 1.165) is 35.7 Å². The number of benzene rings is 2. The number of halogens is 1. The van der Waals surface area contributed by atoms with E-state index in [1.807, 2.05) is 48.2 Å². The summed E-state index contributed by atoms with van der Waals surface area (Å²) in [6.07, 6.45) is -0.181. The lowest BCUT2D eigenvalue weighted by atomic mass is 10.1. The summed E-state index contributed by atoms with van der Waals surface area (Å²) < 4.78 is 11.8. The Morgan fingerprint density at radius 2 is 1.86 bits per heavy atom. The minimum Gasteiger partial charge on any atom is -0.497 e. The molecule has 3 aromatic rings. The zero-order valence-electron chi connectivity index (χ0n) is 20.5. The Morgan fingerprint density at radius 3 is 2.53 bits per heavy atom. The number of carbonyl (C=O) groups is 1. The van der Waals surface area contributed by atoms with Crippen LogP contribution in [-0.2, 0) is 11.3 Å². The Morgan fingerprint density at radius 1 is 1.11 bits per heavy atom. The molecular weight excluding hydrogens is 476 g/mol. The van der Waals surface area contributed by atoms with Crippen molar-refractivity contribution in [2.75, 3.05) is 39.8 Å². The fraction of sp³-hybridized carbons (Fsp3) is 0.321. The van der Waals surface area contributed by atoms with E-state index in [9.17, 15) is 4.79 Å². The molecule has 8 heteroatoms. The van der Waals surface area contributed by atoms with Crippen molar-refractivity contribution < 1.29 is 14.3 Å². The third kappa shape index (κ3) is 6.61. The Labute approximate surface area is 216 Å². The van der Waals surface area contributed by atoms with Gasteiger partial charge >= 0.3 is 0 Å². The molecule has 36 heavy (non-hydrogen) atoms. The number of aromatic nitrogens is 1. The number of ether oxygens (including phenoxy) is 2. The maximum absolute atomic E-state index is 13.0. The van der Waals surface area contributed by atoms with Gasteiger partial charge in [0.1, 0.15) is 10.9 Å². The smallest absolute Gasteiger partial charge is 0.254 e. The number of carbonyl (C=O) groups excluding carboxylic acids is 1. The molecule has 0 spiro atoms. The molecule has 1 fully saturated rings. The van der Waals surface area contributed by atoms with Gasteiger partial charge in [0.25, 0.3) is 5.91 Å². The second-order valence-corrected chi connectivity index (χ2v) is 9.18. The highest BCUT2D eigenvalue weighted by Crippen LogP contribution is 2.25. The third-order valence-electron chi connectivity index (χ3n) is 6.25. The topological polar surface area (TPSA) is 78.7 Å². The van der Waals surface area contributed by atoms with Crippen LogP contribution in [0.2, 0.25) is 5.15 Å². The van der Waals surface area contributed by atoms with Gasteiger partial charge in [-0.05, 0) is 54.4 Å². The number of nitrogens with zero attached hydrogens (tertiary/aromatic N) is 4. The van der Waals surface area contributed by atoms with Gasteiger partial charge in [-0.2, -0.15) is 5.26 Å². The number of piperazine rings is 1. The van der Waals surface area contributed by atoms with E-state index < -0.39 is 0 Å². The van der Waals surface area contributed by atoms with Crippen molar-refractivity contribution in [2.45, 2.75) is 19.6 Å². The lowest BCUT2D eigenvalue weighted by Crippen LogP contribution is -2.49. The summed E-state index contributed by atoms with van der Waals surface area (Å²) in [7, 11) is 1.65. The molecule has 1 aliphatic rings. The lowest BCUT2D eigenvalue weighted by Gasteiger charge is -2.36. The van der Waals surface area contributed by atoms with Gasteiger partial charge in [0, 0.05) is 44.0 Å². The zero-order valence-corrected chi connectivity index (χ0v) is 21.2. The van der Waals surface area contributed by atoms with Crippen molar-refractivity contribution in [3.05, 3.63) is 93.8 Å². The highest BCUT2D eigenvalue weighted by Gasteiger charge is 2.25. The van der Waals surface area contributed by atoms with Crippen LogP contribution >= 0.6 is 11.6 Å². The summed E-state index contributed by atoms with van der Waals surface area (Å²) in [5, 5.41) is 9.37. The molecule has 0 aliphatic carbocycles. The minimum absolute atomic E-state index is 0.0246. The molecule has 1 atom stereocenters. The van der Waals surface area contributed by atoms with Gasteiger partial charge in [0.2, 0.25) is 0 Å². The largest absolute Gasteiger partial charge is 0.497 e. The average Bonchev–Trinajstić information content (AvgIpc) is 2.90. The van der Waals surface area contributed by atoms with E-state index in [2.05, 4.69) is 16.0 Å². The highest BCUT2D eigenvalue weighted by atomic mass is 35.5. The van der Waals surface area contributed by atoms with Crippen molar-refractivity contribution in [3.8, 4) is 11.8 Å². The van der Waals surface area contributed by atoms with Crippen LogP contribution < -0.4 is 4.74 Å². The Bertz CT molecular complexity index is 1210. The molecule has 1 aliphatic heterocycles. The number of aryl methyl sites for hydroxylation is 1. The summed E-state index contributed by atoms with van der Waals surface area (Å²) in [6.45, 7) is 5.67. The molecule has 7 nitrogen and oxygen atoms in total. The van der Waals surface area contributed by atoms with Crippen molar-refractivity contribution in [1.29, 1.82) is 5.26 Å². The molecule has 4 rings (SSSR count). The van der Waals surface area contributed by atoms with Gasteiger partial charge in [0.05, 0.1) is 31.5 Å². The van der Waals surface area contributed by atoms with Gasteiger partial charge in [0.15, 0.2) is 0 Å². The Balaban J connectivity index is 1.41. The lowest BCUT2D eigenvalue weighted by molar-refractivity contribution is 0.00333. The normalized spacial score (nSPS) is 14.8. The molecule has 2 heterocycles. The molecule has 186 valence electrons. The van der Waals surface area contributed by atoms with Crippen LogP contribution in [0.5, 0.6) is 5.75 Å². The number of pyridine rings is 1. The fourth-order valence-electron chi connectivity index (χ4n) is 4.27. The van der Waals surface area contributed by atoms with Crippen LogP contribution in [-0.4, -0.2) is 60.5 Å². The quantitative estimate of drug-likeness (QED) is 0.416. The molecule has 0 saturated carbocycles. The second kappa shape index (κ2) is 12.0. The molecular formula is C28H29ClN4O3. The summed E-state index contributed by atoms with van der Waals surface area (Å²) in [5.41, 5.74) is 3.96. The zero-order chi connectivity index (χ0) is 25.5. The van der Waals surface area contributed by atoms with Crippen molar-refractivity contribution >= 4 is 17.5 Å². The van der Waals surface area contributed by atoms with Gasteiger partial charge in [-0.3, -0.25) is 9.69 Å². The third-order valence-corrected chi connectivity index (χ3v) is 6.45. The molecule has 1 aromatic heterocycles. The van der Waals surface area contributed by atoms with Gasteiger partial charge in [-0.15, -0.1) is 0 Å². The van der Waals surface area contributed by atoms with Crippen LogP contribution in [0.25, 0.3) is 0 Å². The van der Waals surface area contributed by atoms with Crippen LogP contribution in [0.4, 0.5) is 0 Å². The number of nitriles is 1. The molecule has 0 bridgehead atoms. The molecule has 2 aromatic carbocycles. The van der Waals surface area contributed by atoms with Gasteiger partial charge < -0.3 is 14.4 Å². The van der Waals surface area contributed by atoms with E-state index in [4.69, 9.17) is 26.3 Å². The predicted octanol–water partition coefficient (Wildman–Crippen LogP) is 4.64. The summed E-state index contributed by atoms with van der Waals surface area (Å²) in [5.74, 6) is 0.754. The predicted molar refractivity (Wildman–Crippen MR) is 138 cm³/mol. The Hall–Kier alpha value is -3.44. The van der Waals surface area contributed by atoms with Crippen LogP contribution in [0.15, 0.2) is 60.7 Å². The monoisotopic (exact) mass is 504 g/mol. The number of methoxy groups -OCH3 is 1. The molecule has 1 saturated heterocycles. The number of rotatable bonds is 8. The number of amides is 1. The van der Waals surface area contributed by atoms with E-state index in [1.54, 1.807) is 31.4 Å². The van der Waals surface area contributed by atoms with Crippen LogP contribution in [0.3, 0.4) is 0 Å². The first-order valence-electron chi connectivity index (χ1n) is 11.9. The van der Waals surface area contributed by atoms with E-state index in [1.165, 1.54) is 0 Å². The van der Waals surface area contributed by atoms with Crippen LogP contribution in [0.1, 0.15) is 38.8 Å². The second-order valence-electron chi connectivity index (χ2n) is 8.80. The van der Waals surface area contributed by atoms with E-state index in [0.29, 0.717) is 42.5 Å². The minimum atomic E-state index is -0.181. The first-order valence-corrected chi connectivity index (χ1v) is 12.2. The SMILES string of the molecule is COc1cccc([C@H](CN2CCN(C(=O)c3cc(C)nc(Cl)c3)CC2)OCc2ccc(C#N)cc2)c1. The Kier molecular flexibility index (Phi) is 8.55. The van der Waals surface area contributed by atoms with Gasteiger partial charge in [-0.1, -0.05) is 35.9 Å². The van der Waals surface area contributed by atoms with Crippen LogP contribution in [0, 0.1) is 18.3 Å². The fourth-order valence-corrected chi connectivity index (χ4v) is 4.52. The summed E-state index contributed by atoms with van der Waals surface area (Å²) in [6, 6.07) is 20.9. The highest BCUT2D eigenvalue weighted by molar-refractivity contribution is 6.29. The van der Waals surface area contributed by atoms with Crippen molar-refractivity contribution in [3.63, 3.8) is 0 Å². The van der Waals surface area contributed by atoms with Crippen molar-refractivity contribution in [1.82, 2.24) is 14.8 Å². The average molecular weight is 505 g/mol. The molecule has 0 N–H and O–H groups in total. The molecule has 0 radical (unpaired) electrons. The standard InChI is InChI=1S/C28H29ClN4O3/c1-20-14-24(16-27(29)31-20)28(34)33-12-10-32(11-13-33)18-26(23-4-3-5-25(15-23)35-2)36-19-22-8-6-21(17-30)7-9-22/h3-9,14-16,26H,10-13,18-19H2,1-2H3/t26-/m0/s1. The molecule has 0 unspecified atom stereocenters. The molecule has 1 amide bonds. The van der Waals surface area contributed by atoms with E-state index >= 15 is 0 Å². The first kappa shape index (κ1) is 25.6. The summed E-state index contributed by atoms with van der Waals surface area (Å²) in [4.78, 5) is 21.3. The summed E-state index contributed by atoms with van der Waals surface area (Å²) >= 11 is 6.06. The maximum atomic E-state index is 13.0. The maximum Gasteiger partial charge on any atom is 0.254 e. The van der Waals surface area contributed by atoms with E-state index in [-0.39, 0.29) is 12.0 Å². The number of hydrogen-bond donors (Lipinski definition) is 0. The number of hydrogen-bond acceptors (Lipinski definition) is 6. The first-order chi connectivity index (χ1) is 17.4.